The summed E-state index contributed by atoms with van der Waals surface area (Å²) in [6.45, 7) is 0. The molecule has 4 saturated carbocycles. The zero-order chi connectivity index (χ0) is 15.2. The fourth-order valence-electron chi connectivity index (χ4n) is 5.89. The van der Waals surface area contributed by atoms with E-state index in [4.69, 9.17) is 0 Å². The Morgan fingerprint density at radius 1 is 0.909 bits per heavy atom. The Kier molecular flexibility index (Phi) is 3.43. The van der Waals surface area contributed by atoms with Crippen LogP contribution in [0.5, 0.6) is 0 Å². The smallest absolute Gasteiger partial charge is 0.170 e. The summed E-state index contributed by atoms with van der Waals surface area (Å²) in [4.78, 5) is 24.7. The van der Waals surface area contributed by atoms with Crippen molar-refractivity contribution in [3.8, 4) is 0 Å². The van der Waals surface area contributed by atoms with Gasteiger partial charge in [-0.05, 0) is 61.7 Å². The van der Waals surface area contributed by atoms with Crippen molar-refractivity contribution in [2.75, 3.05) is 0 Å². The molecule has 0 saturated heterocycles. The first kappa shape index (κ1) is 14.2. The molecule has 4 bridgehead atoms. The molecule has 4 aliphatic rings. The maximum Gasteiger partial charge on any atom is 0.170 e. The van der Waals surface area contributed by atoms with Crippen molar-refractivity contribution in [3.63, 3.8) is 0 Å². The van der Waals surface area contributed by atoms with Gasteiger partial charge in [-0.3, -0.25) is 9.59 Å². The third-order valence-electron chi connectivity index (χ3n) is 6.19. The summed E-state index contributed by atoms with van der Waals surface area (Å²) in [5.41, 5.74) is 0.921. The average molecular weight is 296 g/mol. The molecule has 0 radical (unpaired) electrons. The van der Waals surface area contributed by atoms with Crippen LogP contribution in [-0.2, 0) is 4.79 Å². The van der Waals surface area contributed by atoms with Gasteiger partial charge in [0.15, 0.2) is 5.78 Å². The van der Waals surface area contributed by atoms with Gasteiger partial charge < -0.3 is 0 Å². The molecule has 4 fully saturated rings. The Bertz CT molecular complexity index is 552. The van der Waals surface area contributed by atoms with Gasteiger partial charge >= 0.3 is 0 Å². The van der Waals surface area contributed by atoms with E-state index in [1.807, 2.05) is 18.2 Å². The van der Waals surface area contributed by atoms with E-state index in [9.17, 15) is 9.59 Å². The van der Waals surface area contributed by atoms with Crippen molar-refractivity contribution < 1.29 is 9.59 Å². The van der Waals surface area contributed by atoms with Crippen LogP contribution in [0, 0.1) is 23.2 Å². The summed E-state index contributed by atoms with van der Waals surface area (Å²) >= 11 is 0. The molecule has 0 aliphatic heterocycles. The number of carbonyl (C=O) groups is 2. The first-order chi connectivity index (χ1) is 10.6. The summed E-state index contributed by atoms with van der Waals surface area (Å²) in [7, 11) is 0. The van der Waals surface area contributed by atoms with Crippen LogP contribution in [0.25, 0.3) is 0 Å². The normalized spacial score (nSPS) is 35.5. The zero-order valence-electron chi connectivity index (χ0n) is 13.1. The Morgan fingerprint density at radius 2 is 1.45 bits per heavy atom. The van der Waals surface area contributed by atoms with Gasteiger partial charge in [-0.2, -0.15) is 0 Å². The lowest BCUT2D eigenvalue weighted by Gasteiger charge is -2.56. The number of benzene rings is 1. The second-order valence-electron chi connectivity index (χ2n) is 8.10. The minimum absolute atomic E-state index is 0.0182. The van der Waals surface area contributed by atoms with Crippen LogP contribution in [0.4, 0.5) is 0 Å². The first-order valence-corrected chi connectivity index (χ1v) is 8.72. The van der Waals surface area contributed by atoms with Crippen LogP contribution < -0.4 is 0 Å². The summed E-state index contributed by atoms with van der Waals surface area (Å²) in [5, 5.41) is 0. The number of carbonyl (C=O) groups excluding carboxylic acids is 2. The molecular formula is C20H24O2. The molecule has 1 aromatic rings. The van der Waals surface area contributed by atoms with E-state index < -0.39 is 0 Å². The van der Waals surface area contributed by atoms with Crippen molar-refractivity contribution in [1.29, 1.82) is 0 Å². The molecule has 0 atom stereocenters. The largest absolute Gasteiger partial charge is 0.299 e. The second-order valence-corrected chi connectivity index (χ2v) is 8.10. The van der Waals surface area contributed by atoms with E-state index >= 15 is 0 Å². The van der Waals surface area contributed by atoms with Gasteiger partial charge in [0.05, 0.1) is 6.42 Å². The molecule has 5 rings (SSSR count). The quantitative estimate of drug-likeness (QED) is 0.595. The monoisotopic (exact) mass is 296 g/mol. The summed E-state index contributed by atoms with van der Waals surface area (Å²) in [6.07, 6.45) is 8.66. The molecule has 0 amide bonds. The third-order valence-corrected chi connectivity index (χ3v) is 6.19. The molecule has 0 heterocycles. The number of hydrogen-bond acceptors (Lipinski definition) is 2. The maximum atomic E-state index is 12.5. The van der Waals surface area contributed by atoms with Crippen molar-refractivity contribution in [2.45, 2.75) is 51.4 Å². The minimum atomic E-state index is -0.0182. The van der Waals surface area contributed by atoms with E-state index in [1.165, 1.54) is 38.5 Å². The van der Waals surface area contributed by atoms with Gasteiger partial charge in [0.2, 0.25) is 0 Å². The van der Waals surface area contributed by atoms with Gasteiger partial charge in [0.1, 0.15) is 5.78 Å². The highest BCUT2D eigenvalue weighted by Gasteiger charge is 2.51. The average Bonchev–Trinajstić information content (AvgIpc) is 2.45. The van der Waals surface area contributed by atoms with Gasteiger partial charge in [-0.1, -0.05) is 30.3 Å². The maximum absolute atomic E-state index is 12.5. The molecule has 4 aliphatic carbocycles. The summed E-state index contributed by atoms with van der Waals surface area (Å²) < 4.78 is 0. The van der Waals surface area contributed by atoms with Crippen molar-refractivity contribution in [1.82, 2.24) is 0 Å². The van der Waals surface area contributed by atoms with Gasteiger partial charge in [0.25, 0.3) is 0 Å². The van der Waals surface area contributed by atoms with E-state index in [0.29, 0.717) is 12.0 Å². The molecule has 1 aromatic carbocycles. The molecule has 0 aromatic heterocycles. The molecular weight excluding hydrogens is 272 g/mol. The van der Waals surface area contributed by atoms with Crippen LogP contribution in [0.3, 0.4) is 0 Å². The highest BCUT2D eigenvalue weighted by molar-refractivity contribution is 6.08. The molecule has 22 heavy (non-hydrogen) atoms. The molecule has 0 N–H and O–H groups in total. The molecule has 2 nitrogen and oxygen atoms in total. The van der Waals surface area contributed by atoms with Crippen LogP contribution in [-0.4, -0.2) is 11.6 Å². The van der Waals surface area contributed by atoms with Crippen LogP contribution in [0.15, 0.2) is 30.3 Å². The van der Waals surface area contributed by atoms with E-state index in [-0.39, 0.29) is 23.4 Å². The van der Waals surface area contributed by atoms with Crippen LogP contribution in [0.1, 0.15) is 61.7 Å². The van der Waals surface area contributed by atoms with E-state index in [0.717, 1.165) is 17.8 Å². The van der Waals surface area contributed by atoms with Gasteiger partial charge in [0, 0.05) is 12.0 Å². The lowest BCUT2D eigenvalue weighted by molar-refractivity contribution is -0.126. The lowest BCUT2D eigenvalue weighted by atomic mass is 9.48. The summed E-state index contributed by atoms with van der Waals surface area (Å²) in [5.74, 6) is 2.74. The Labute approximate surface area is 132 Å². The number of rotatable bonds is 5. The number of Topliss-reactive ketones (excluding diaryl/α,β-unsaturated/α-hetero) is 2. The predicted octanol–water partition coefficient (Wildman–Crippen LogP) is 4.44. The van der Waals surface area contributed by atoms with Gasteiger partial charge in [-0.25, -0.2) is 0 Å². The molecule has 116 valence electrons. The highest BCUT2D eigenvalue weighted by atomic mass is 16.1. The fourth-order valence-corrected chi connectivity index (χ4v) is 5.89. The Morgan fingerprint density at radius 3 is 2.00 bits per heavy atom. The molecule has 0 spiro atoms. The van der Waals surface area contributed by atoms with E-state index in [2.05, 4.69) is 0 Å². The van der Waals surface area contributed by atoms with Crippen LogP contribution in [0.2, 0.25) is 0 Å². The Balaban J connectivity index is 1.41. The third kappa shape index (κ3) is 2.64. The van der Waals surface area contributed by atoms with E-state index in [1.54, 1.807) is 12.1 Å². The summed E-state index contributed by atoms with van der Waals surface area (Å²) in [6, 6.07) is 9.22. The SMILES string of the molecule is O=C(CC(=O)c1ccccc1)CC12CC3CC(CC(C3)C1)C2. The van der Waals surface area contributed by atoms with Crippen molar-refractivity contribution in [3.05, 3.63) is 35.9 Å². The minimum Gasteiger partial charge on any atom is -0.299 e. The molecule has 2 heteroatoms. The number of hydrogen-bond donors (Lipinski definition) is 0. The van der Waals surface area contributed by atoms with Gasteiger partial charge in [-0.15, -0.1) is 0 Å². The van der Waals surface area contributed by atoms with Crippen molar-refractivity contribution >= 4 is 11.6 Å². The number of ketones is 2. The lowest BCUT2D eigenvalue weighted by Crippen LogP contribution is -2.46. The fraction of sp³-hybridized carbons (Fsp3) is 0.600. The second kappa shape index (κ2) is 5.33. The topological polar surface area (TPSA) is 34.1 Å². The Hall–Kier alpha value is -1.44. The first-order valence-electron chi connectivity index (χ1n) is 8.72. The highest BCUT2D eigenvalue weighted by Crippen LogP contribution is 2.61. The standard InChI is InChI=1S/C20H24O2/c21-18(9-19(22)17-4-2-1-3-5-17)13-20-10-14-6-15(11-20)8-16(7-14)12-20/h1-5,14-16H,6-13H2. The van der Waals surface area contributed by atoms with Crippen LogP contribution >= 0.6 is 0 Å². The predicted molar refractivity (Wildman–Crippen MR) is 85.6 cm³/mol. The van der Waals surface area contributed by atoms with Crippen molar-refractivity contribution in [2.24, 2.45) is 23.2 Å². The molecule has 0 unspecified atom stereocenters. The zero-order valence-corrected chi connectivity index (χ0v) is 13.1.